The average Bonchev–Trinajstić information content (AvgIpc) is 2.84. The fourth-order valence-electron chi connectivity index (χ4n) is 4.83. The highest BCUT2D eigenvalue weighted by atomic mass is 16.5. The summed E-state index contributed by atoms with van der Waals surface area (Å²) in [5.41, 5.74) is 3.67. The van der Waals surface area contributed by atoms with Crippen LogP contribution in [0.25, 0.3) is 0 Å². The van der Waals surface area contributed by atoms with E-state index in [-0.39, 0.29) is 6.04 Å². The predicted molar refractivity (Wildman–Crippen MR) is 125 cm³/mol. The molecule has 7 heteroatoms. The van der Waals surface area contributed by atoms with Crippen molar-refractivity contribution in [2.24, 2.45) is 0 Å². The van der Waals surface area contributed by atoms with Crippen LogP contribution in [0.3, 0.4) is 0 Å². The molecule has 166 valence electrons. The number of piperidine rings is 1. The Bertz CT molecular complexity index is 1080. The first-order valence-corrected chi connectivity index (χ1v) is 11.2. The van der Waals surface area contributed by atoms with E-state index >= 15 is 0 Å². The van der Waals surface area contributed by atoms with Gasteiger partial charge in [0.1, 0.15) is 23.7 Å². The Labute approximate surface area is 188 Å². The van der Waals surface area contributed by atoms with E-state index in [9.17, 15) is 5.11 Å². The van der Waals surface area contributed by atoms with Crippen molar-refractivity contribution in [1.29, 1.82) is 0 Å². The molecule has 2 aliphatic heterocycles. The maximum atomic E-state index is 11.0. The van der Waals surface area contributed by atoms with Crippen LogP contribution in [0.15, 0.2) is 60.9 Å². The van der Waals surface area contributed by atoms with Crippen LogP contribution in [-0.4, -0.2) is 58.9 Å². The van der Waals surface area contributed by atoms with Gasteiger partial charge in [0.15, 0.2) is 0 Å². The largest absolute Gasteiger partial charge is 0.495 e. The van der Waals surface area contributed by atoms with Crippen molar-refractivity contribution in [2.75, 3.05) is 37.0 Å². The Morgan fingerprint density at radius 2 is 1.84 bits per heavy atom. The molecule has 1 aromatic heterocycles. The number of rotatable bonds is 5. The van der Waals surface area contributed by atoms with Crippen LogP contribution < -0.4 is 15.0 Å². The first-order valence-electron chi connectivity index (χ1n) is 11.2. The number of hydrogen-bond acceptors (Lipinski definition) is 7. The van der Waals surface area contributed by atoms with E-state index in [1.165, 1.54) is 11.1 Å². The van der Waals surface area contributed by atoms with E-state index in [4.69, 9.17) is 4.74 Å². The summed E-state index contributed by atoms with van der Waals surface area (Å²) in [4.78, 5) is 13.4. The third-order valence-electron chi connectivity index (χ3n) is 6.52. The Kier molecular flexibility index (Phi) is 5.92. The van der Waals surface area contributed by atoms with E-state index in [0.29, 0.717) is 12.4 Å². The van der Waals surface area contributed by atoms with Gasteiger partial charge in [-0.25, -0.2) is 9.97 Å². The lowest BCUT2D eigenvalue weighted by atomic mass is 9.94. The second-order valence-corrected chi connectivity index (χ2v) is 8.45. The van der Waals surface area contributed by atoms with Crippen molar-refractivity contribution < 1.29 is 9.84 Å². The van der Waals surface area contributed by atoms with Crippen molar-refractivity contribution in [3.8, 4) is 5.75 Å². The van der Waals surface area contributed by atoms with Crippen molar-refractivity contribution in [1.82, 2.24) is 14.9 Å². The molecule has 0 aliphatic carbocycles. The molecule has 0 amide bonds. The highest BCUT2D eigenvalue weighted by Gasteiger charge is 2.34. The zero-order valence-corrected chi connectivity index (χ0v) is 18.3. The number of benzene rings is 2. The molecule has 0 saturated carbocycles. The highest BCUT2D eigenvalue weighted by Crippen LogP contribution is 2.29. The lowest BCUT2D eigenvalue weighted by Crippen LogP contribution is -2.55. The number of anilines is 3. The zero-order valence-electron chi connectivity index (χ0n) is 18.3. The van der Waals surface area contributed by atoms with Crippen molar-refractivity contribution in [2.45, 2.75) is 31.5 Å². The summed E-state index contributed by atoms with van der Waals surface area (Å²) in [5.74, 6) is 2.27. The number of aliphatic hydroxyl groups is 1. The summed E-state index contributed by atoms with van der Waals surface area (Å²) < 4.78 is 5.42. The van der Waals surface area contributed by atoms with Gasteiger partial charge in [0, 0.05) is 38.3 Å². The maximum absolute atomic E-state index is 11.0. The van der Waals surface area contributed by atoms with Crippen LogP contribution in [0.2, 0.25) is 0 Å². The van der Waals surface area contributed by atoms with Gasteiger partial charge in [-0.15, -0.1) is 0 Å². The number of aromatic nitrogens is 2. The third kappa shape index (κ3) is 4.26. The summed E-state index contributed by atoms with van der Waals surface area (Å²) >= 11 is 0. The third-order valence-corrected chi connectivity index (χ3v) is 6.52. The van der Waals surface area contributed by atoms with Crippen LogP contribution in [0, 0.1) is 0 Å². The standard InChI is InChI=1S/C25H29N5O2/c1-32-23-9-5-4-8-20(23)28-24-14-25(27-17-26-24)30-13-11-21(22(31)16-30)29-12-10-18-6-2-3-7-19(18)15-29/h2-9,14,17,21-22,31H,10-13,15-16H2,1H3,(H,26,27,28)/t21?,22-/m0/s1. The van der Waals surface area contributed by atoms with Gasteiger partial charge in [0.05, 0.1) is 18.9 Å². The molecule has 0 radical (unpaired) electrons. The van der Waals surface area contributed by atoms with Crippen LogP contribution in [-0.2, 0) is 13.0 Å². The first kappa shape index (κ1) is 20.7. The Morgan fingerprint density at radius 1 is 1.03 bits per heavy atom. The molecule has 1 fully saturated rings. The first-order chi connectivity index (χ1) is 15.7. The summed E-state index contributed by atoms with van der Waals surface area (Å²) in [6, 6.07) is 18.5. The molecule has 1 unspecified atom stereocenters. The van der Waals surface area contributed by atoms with Gasteiger partial charge in [0.2, 0.25) is 0 Å². The topological polar surface area (TPSA) is 73.8 Å². The van der Waals surface area contributed by atoms with E-state index in [0.717, 1.165) is 49.7 Å². The minimum absolute atomic E-state index is 0.174. The number of nitrogens with zero attached hydrogens (tertiary/aromatic N) is 4. The molecule has 7 nitrogen and oxygen atoms in total. The monoisotopic (exact) mass is 431 g/mol. The fraction of sp³-hybridized carbons (Fsp3) is 0.360. The summed E-state index contributed by atoms with van der Waals surface area (Å²) in [6.07, 6.45) is 3.09. The molecule has 0 spiro atoms. The number of fused-ring (bicyclic) bond motifs is 1. The predicted octanol–water partition coefficient (Wildman–Crippen LogP) is 3.23. The van der Waals surface area contributed by atoms with E-state index in [2.05, 4.69) is 49.4 Å². The van der Waals surface area contributed by atoms with Crippen LogP contribution >= 0.6 is 0 Å². The molecule has 2 aliphatic rings. The fourth-order valence-corrected chi connectivity index (χ4v) is 4.83. The molecule has 3 heterocycles. The number of aliphatic hydroxyl groups excluding tert-OH is 1. The Morgan fingerprint density at radius 3 is 2.69 bits per heavy atom. The van der Waals surface area contributed by atoms with Crippen LogP contribution in [0.1, 0.15) is 17.5 Å². The summed E-state index contributed by atoms with van der Waals surface area (Å²) in [7, 11) is 1.65. The molecular weight excluding hydrogens is 402 g/mol. The number of methoxy groups -OCH3 is 1. The zero-order chi connectivity index (χ0) is 21.9. The molecule has 1 saturated heterocycles. The summed E-state index contributed by atoms with van der Waals surface area (Å²) in [5, 5.41) is 14.3. The minimum Gasteiger partial charge on any atom is -0.495 e. The maximum Gasteiger partial charge on any atom is 0.142 e. The second-order valence-electron chi connectivity index (χ2n) is 8.45. The molecule has 3 aromatic rings. The normalized spacial score (nSPS) is 21.1. The van der Waals surface area contributed by atoms with Gasteiger partial charge in [-0.2, -0.15) is 0 Å². The quantitative estimate of drug-likeness (QED) is 0.643. The molecule has 0 bridgehead atoms. The molecule has 5 rings (SSSR count). The molecule has 2 N–H and O–H groups in total. The SMILES string of the molecule is COc1ccccc1Nc1cc(N2CCC(N3CCc4ccccc4C3)[C@@H](O)C2)ncn1. The number of nitrogens with one attached hydrogen (secondary N) is 1. The van der Waals surface area contributed by atoms with Gasteiger partial charge >= 0.3 is 0 Å². The Hall–Kier alpha value is -3.16. The molecule has 2 aromatic carbocycles. The van der Waals surface area contributed by atoms with Gasteiger partial charge < -0.3 is 20.1 Å². The number of hydrogen-bond donors (Lipinski definition) is 2. The molecular formula is C25H29N5O2. The van der Waals surface area contributed by atoms with Gasteiger partial charge in [-0.05, 0) is 36.1 Å². The minimum atomic E-state index is -0.422. The van der Waals surface area contributed by atoms with Crippen molar-refractivity contribution in [3.63, 3.8) is 0 Å². The van der Waals surface area contributed by atoms with E-state index in [1.807, 2.05) is 30.3 Å². The van der Waals surface area contributed by atoms with Crippen molar-refractivity contribution >= 4 is 17.3 Å². The van der Waals surface area contributed by atoms with Crippen LogP contribution in [0.5, 0.6) is 5.75 Å². The molecule has 32 heavy (non-hydrogen) atoms. The van der Waals surface area contributed by atoms with Gasteiger partial charge in [-0.3, -0.25) is 4.90 Å². The van der Waals surface area contributed by atoms with Gasteiger partial charge in [-0.1, -0.05) is 36.4 Å². The van der Waals surface area contributed by atoms with Gasteiger partial charge in [0.25, 0.3) is 0 Å². The van der Waals surface area contributed by atoms with E-state index < -0.39 is 6.10 Å². The number of para-hydroxylation sites is 2. The second kappa shape index (κ2) is 9.14. The smallest absolute Gasteiger partial charge is 0.142 e. The highest BCUT2D eigenvalue weighted by molar-refractivity contribution is 5.65. The van der Waals surface area contributed by atoms with Crippen LogP contribution in [0.4, 0.5) is 17.3 Å². The summed E-state index contributed by atoms with van der Waals surface area (Å²) in [6.45, 7) is 3.33. The lowest BCUT2D eigenvalue weighted by Gasteiger charge is -2.43. The van der Waals surface area contributed by atoms with Crippen molar-refractivity contribution in [3.05, 3.63) is 72.1 Å². The Balaban J connectivity index is 1.25. The van der Waals surface area contributed by atoms with E-state index in [1.54, 1.807) is 13.4 Å². The number of ether oxygens (including phenoxy) is 1. The molecule has 2 atom stereocenters. The number of β-amino-alcohol motifs (C(OH)–C–C–N with tert-alkyl or cyclic N) is 1. The average molecular weight is 432 g/mol. The lowest BCUT2D eigenvalue weighted by molar-refractivity contribution is 0.0293.